The zero-order valence-electron chi connectivity index (χ0n) is 13.9. The minimum absolute atomic E-state index is 0.539. The Labute approximate surface area is 125 Å². The topological polar surface area (TPSA) is 12.0 Å². The molecule has 1 fully saturated rings. The molecule has 1 heteroatoms. The zero-order valence-corrected chi connectivity index (χ0v) is 13.9. The second-order valence-corrected chi connectivity index (χ2v) is 7.40. The summed E-state index contributed by atoms with van der Waals surface area (Å²) in [6, 6.07) is 7.47. The van der Waals surface area contributed by atoms with Crippen molar-refractivity contribution in [1.82, 2.24) is 5.32 Å². The molecular weight excluding hydrogens is 242 g/mol. The Kier molecular flexibility index (Phi) is 4.90. The molecule has 1 N–H and O–H groups in total. The Bertz CT molecular complexity index is 437. The fourth-order valence-electron chi connectivity index (χ4n) is 3.68. The largest absolute Gasteiger partial charge is 0.310 e. The van der Waals surface area contributed by atoms with Gasteiger partial charge in [-0.25, -0.2) is 0 Å². The molecule has 0 aromatic heterocycles. The fraction of sp³-hybridized carbons (Fsp3) is 0.684. The highest BCUT2D eigenvalue weighted by molar-refractivity contribution is 5.33. The third kappa shape index (κ3) is 3.63. The molecular formula is C19H31N. The van der Waals surface area contributed by atoms with Gasteiger partial charge in [0.1, 0.15) is 0 Å². The standard InChI is InChI=1S/C19H31N/c1-6-20-18(16-9-11-19(4,5)12-10-16)17-8-7-14(2)13-15(17)3/h7-8,13,16,18,20H,6,9-12H2,1-5H3. The summed E-state index contributed by atoms with van der Waals surface area (Å²) < 4.78 is 0. The molecule has 1 nitrogen and oxygen atoms in total. The van der Waals surface area contributed by atoms with Gasteiger partial charge in [0, 0.05) is 6.04 Å². The summed E-state index contributed by atoms with van der Waals surface area (Å²) in [5.74, 6) is 0.796. The normalized spacial score (nSPS) is 20.9. The van der Waals surface area contributed by atoms with E-state index in [1.165, 1.54) is 42.4 Å². The van der Waals surface area contributed by atoms with E-state index in [9.17, 15) is 0 Å². The van der Waals surface area contributed by atoms with Gasteiger partial charge in [0.25, 0.3) is 0 Å². The van der Waals surface area contributed by atoms with Crippen LogP contribution < -0.4 is 5.32 Å². The highest BCUT2D eigenvalue weighted by atomic mass is 14.9. The van der Waals surface area contributed by atoms with E-state index in [1.54, 1.807) is 0 Å². The average Bonchev–Trinajstić information content (AvgIpc) is 2.37. The molecule has 1 unspecified atom stereocenters. The maximum atomic E-state index is 3.76. The van der Waals surface area contributed by atoms with Crippen LogP contribution in [0.3, 0.4) is 0 Å². The Balaban J connectivity index is 2.19. The van der Waals surface area contributed by atoms with E-state index in [-0.39, 0.29) is 0 Å². The number of hydrogen-bond donors (Lipinski definition) is 1. The van der Waals surface area contributed by atoms with Gasteiger partial charge in [-0.2, -0.15) is 0 Å². The van der Waals surface area contributed by atoms with E-state index in [1.807, 2.05) is 0 Å². The number of rotatable bonds is 4. The van der Waals surface area contributed by atoms with Crippen LogP contribution in [0.4, 0.5) is 0 Å². The van der Waals surface area contributed by atoms with E-state index in [4.69, 9.17) is 0 Å². The first-order valence-electron chi connectivity index (χ1n) is 8.23. The van der Waals surface area contributed by atoms with Crippen molar-refractivity contribution in [3.8, 4) is 0 Å². The highest BCUT2D eigenvalue weighted by Crippen LogP contribution is 2.43. The number of hydrogen-bond acceptors (Lipinski definition) is 1. The van der Waals surface area contributed by atoms with Crippen molar-refractivity contribution in [2.24, 2.45) is 11.3 Å². The molecule has 1 aliphatic rings. The van der Waals surface area contributed by atoms with Crippen molar-refractivity contribution in [2.45, 2.75) is 66.3 Å². The van der Waals surface area contributed by atoms with Crippen LogP contribution in [-0.2, 0) is 0 Å². The van der Waals surface area contributed by atoms with Crippen molar-refractivity contribution < 1.29 is 0 Å². The first kappa shape index (κ1) is 15.6. The predicted molar refractivity (Wildman–Crippen MR) is 88.1 cm³/mol. The van der Waals surface area contributed by atoms with Gasteiger partial charge in [-0.3, -0.25) is 0 Å². The van der Waals surface area contributed by atoms with Crippen LogP contribution in [0.2, 0.25) is 0 Å². The number of aryl methyl sites for hydroxylation is 2. The highest BCUT2D eigenvalue weighted by Gasteiger charge is 2.32. The van der Waals surface area contributed by atoms with Crippen molar-refractivity contribution in [2.75, 3.05) is 6.54 Å². The molecule has 0 bridgehead atoms. The summed E-state index contributed by atoms with van der Waals surface area (Å²) in [5, 5.41) is 3.76. The molecule has 1 aromatic rings. The fourth-order valence-corrected chi connectivity index (χ4v) is 3.68. The number of benzene rings is 1. The molecule has 1 aliphatic carbocycles. The van der Waals surface area contributed by atoms with Gasteiger partial charge >= 0.3 is 0 Å². The summed E-state index contributed by atoms with van der Waals surface area (Å²) in [5.41, 5.74) is 4.88. The van der Waals surface area contributed by atoms with E-state index in [0.717, 1.165) is 12.5 Å². The molecule has 0 radical (unpaired) electrons. The zero-order chi connectivity index (χ0) is 14.8. The lowest BCUT2D eigenvalue weighted by atomic mass is 9.70. The minimum Gasteiger partial charge on any atom is -0.310 e. The van der Waals surface area contributed by atoms with Gasteiger partial charge in [-0.15, -0.1) is 0 Å². The summed E-state index contributed by atoms with van der Waals surface area (Å²) in [6.45, 7) is 12.6. The van der Waals surface area contributed by atoms with Gasteiger partial charge in [-0.1, -0.05) is 44.5 Å². The lowest BCUT2D eigenvalue weighted by Crippen LogP contribution is -2.33. The molecule has 112 valence electrons. The van der Waals surface area contributed by atoms with Crippen LogP contribution in [0.5, 0.6) is 0 Å². The molecule has 0 amide bonds. The van der Waals surface area contributed by atoms with Crippen molar-refractivity contribution >= 4 is 0 Å². The average molecular weight is 273 g/mol. The van der Waals surface area contributed by atoms with E-state index < -0.39 is 0 Å². The van der Waals surface area contributed by atoms with Gasteiger partial charge in [0.2, 0.25) is 0 Å². The van der Waals surface area contributed by atoms with Crippen LogP contribution in [-0.4, -0.2) is 6.54 Å². The van der Waals surface area contributed by atoms with E-state index in [0.29, 0.717) is 11.5 Å². The monoisotopic (exact) mass is 273 g/mol. The first-order valence-corrected chi connectivity index (χ1v) is 8.23. The summed E-state index contributed by atoms with van der Waals surface area (Å²) in [7, 11) is 0. The maximum Gasteiger partial charge on any atom is 0.0351 e. The smallest absolute Gasteiger partial charge is 0.0351 e. The molecule has 1 aromatic carbocycles. The van der Waals surface area contributed by atoms with E-state index >= 15 is 0 Å². The van der Waals surface area contributed by atoms with Crippen LogP contribution >= 0.6 is 0 Å². The van der Waals surface area contributed by atoms with Gasteiger partial charge in [0.15, 0.2) is 0 Å². The molecule has 2 rings (SSSR count). The lowest BCUT2D eigenvalue weighted by Gasteiger charge is -2.39. The third-order valence-electron chi connectivity index (χ3n) is 5.04. The Morgan fingerprint density at radius 3 is 2.40 bits per heavy atom. The second kappa shape index (κ2) is 6.30. The SMILES string of the molecule is CCNC(c1ccc(C)cc1C)C1CCC(C)(C)CC1. The van der Waals surface area contributed by atoms with E-state index in [2.05, 4.69) is 58.1 Å². The summed E-state index contributed by atoms with van der Waals surface area (Å²) in [6.07, 6.45) is 5.45. The molecule has 1 saturated carbocycles. The molecule has 20 heavy (non-hydrogen) atoms. The maximum absolute atomic E-state index is 3.76. The van der Waals surface area contributed by atoms with Crippen LogP contribution in [0.15, 0.2) is 18.2 Å². The third-order valence-corrected chi connectivity index (χ3v) is 5.04. The second-order valence-electron chi connectivity index (χ2n) is 7.40. The summed E-state index contributed by atoms with van der Waals surface area (Å²) >= 11 is 0. The Morgan fingerprint density at radius 1 is 1.20 bits per heavy atom. The molecule has 1 atom stereocenters. The predicted octanol–water partition coefficient (Wildman–Crippen LogP) is 5.17. The van der Waals surface area contributed by atoms with Crippen molar-refractivity contribution in [3.63, 3.8) is 0 Å². The number of nitrogens with one attached hydrogen (secondary N) is 1. The van der Waals surface area contributed by atoms with Gasteiger partial charge in [0.05, 0.1) is 0 Å². The minimum atomic E-state index is 0.539. The Hall–Kier alpha value is -0.820. The van der Waals surface area contributed by atoms with Crippen LogP contribution in [0.1, 0.15) is 69.2 Å². The van der Waals surface area contributed by atoms with Gasteiger partial charge in [-0.05, 0) is 68.5 Å². The first-order chi connectivity index (χ1) is 9.43. The van der Waals surface area contributed by atoms with Crippen LogP contribution in [0.25, 0.3) is 0 Å². The molecule has 0 spiro atoms. The molecule has 0 saturated heterocycles. The molecule has 0 aliphatic heterocycles. The lowest BCUT2D eigenvalue weighted by molar-refractivity contribution is 0.162. The quantitative estimate of drug-likeness (QED) is 0.798. The molecule has 0 heterocycles. The summed E-state index contributed by atoms with van der Waals surface area (Å²) in [4.78, 5) is 0. The Morgan fingerprint density at radius 2 is 1.85 bits per heavy atom. The van der Waals surface area contributed by atoms with Crippen molar-refractivity contribution in [1.29, 1.82) is 0 Å². The van der Waals surface area contributed by atoms with Crippen LogP contribution in [0, 0.1) is 25.2 Å². The van der Waals surface area contributed by atoms with Crippen molar-refractivity contribution in [3.05, 3.63) is 34.9 Å². The van der Waals surface area contributed by atoms with Gasteiger partial charge < -0.3 is 5.32 Å².